The second-order valence-corrected chi connectivity index (χ2v) is 6.00. The van der Waals surface area contributed by atoms with Crippen LogP contribution in [0.2, 0.25) is 0 Å². The molecule has 3 atom stereocenters. The van der Waals surface area contributed by atoms with Crippen LogP contribution in [-0.4, -0.2) is 22.8 Å². The molecular formula is C15H13F2NO2. The lowest BCUT2D eigenvalue weighted by Gasteiger charge is -2.29. The molecule has 4 rings (SSSR count). The van der Waals surface area contributed by atoms with Gasteiger partial charge in [0, 0.05) is 6.04 Å². The summed E-state index contributed by atoms with van der Waals surface area (Å²) in [5.41, 5.74) is -0.782. The fourth-order valence-electron chi connectivity index (χ4n) is 4.13. The van der Waals surface area contributed by atoms with Crippen LogP contribution in [0.15, 0.2) is 12.1 Å². The molecule has 1 heterocycles. The first-order valence-corrected chi connectivity index (χ1v) is 6.94. The molecule has 5 heteroatoms. The number of carbonyl (C=O) groups excluding carboxylic acids is 2. The minimum Gasteiger partial charge on any atom is -0.271 e. The minimum absolute atomic E-state index is 0.181. The molecule has 0 N–H and O–H groups in total. The number of fused-ring (bicyclic) bond motifs is 3. The first-order chi connectivity index (χ1) is 9.58. The zero-order chi connectivity index (χ0) is 14.0. The first kappa shape index (κ1) is 12.0. The van der Waals surface area contributed by atoms with E-state index in [4.69, 9.17) is 0 Å². The van der Waals surface area contributed by atoms with Crippen LogP contribution in [0.4, 0.5) is 8.78 Å². The molecule has 104 valence electrons. The quantitative estimate of drug-likeness (QED) is 0.740. The molecule has 0 aromatic heterocycles. The van der Waals surface area contributed by atoms with Crippen molar-refractivity contribution in [2.45, 2.75) is 31.7 Å². The van der Waals surface area contributed by atoms with Crippen LogP contribution in [0.25, 0.3) is 0 Å². The third kappa shape index (κ3) is 1.38. The summed E-state index contributed by atoms with van der Waals surface area (Å²) in [5.74, 6) is -2.12. The summed E-state index contributed by atoms with van der Waals surface area (Å²) in [6.45, 7) is 0. The Morgan fingerprint density at radius 1 is 0.950 bits per heavy atom. The smallest absolute Gasteiger partial charge is 0.264 e. The average Bonchev–Trinajstić information content (AvgIpc) is 3.08. The zero-order valence-corrected chi connectivity index (χ0v) is 10.7. The predicted molar refractivity (Wildman–Crippen MR) is 66.1 cm³/mol. The molecule has 2 saturated carbocycles. The fraction of sp³-hybridized carbons (Fsp3) is 0.467. The van der Waals surface area contributed by atoms with Crippen LogP contribution >= 0.6 is 0 Å². The van der Waals surface area contributed by atoms with Gasteiger partial charge in [-0.05, 0) is 43.2 Å². The van der Waals surface area contributed by atoms with Gasteiger partial charge in [-0.25, -0.2) is 8.78 Å². The third-order valence-corrected chi connectivity index (χ3v) is 5.00. The second kappa shape index (κ2) is 3.87. The van der Waals surface area contributed by atoms with Crippen molar-refractivity contribution in [3.63, 3.8) is 0 Å². The van der Waals surface area contributed by atoms with E-state index in [2.05, 4.69) is 0 Å². The van der Waals surface area contributed by atoms with Gasteiger partial charge in [0.05, 0.1) is 11.1 Å². The Bertz CT molecular complexity index is 602. The Labute approximate surface area is 114 Å². The Kier molecular flexibility index (Phi) is 2.32. The van der Waals surface area contributed by atoms with Gasteiger partial charge < -0.3 is 0 Å². The summed E-state index contributed by atoms with van der Waals surface area (Å²) in [6, 6.07) is 1.63. The summed E-state index contributed by atoms with van der Waals surface area (Å²) in [6.07, 6.45) is 3.92. The van der Waals surface area contributed by atoms with E-state index >= 15 is 0 Å². The van der Waals surface area contributed by atoms with E-state index in [1.54, 1.807) is 0 Å². The fourth-order valence-corrected chi connectivity index (χ4v) is 4.13. The van der Waals surface area contributed by atoms with Crippen LogP contribution in [-0.2, 0) is 0 Å². The van der Waals surface area contributed by atoms with Gasteiger partial charge in [0.15, 0.2) is 0 Å². The molecule has 1 aromatic rings. The maximum absolute atomic E-state index is 13.8. The topological polar surface area (TPSA) is 37.4 Å². The highest BCUT2D eigenvalue weighted by Crippen LogP contribution is 2.48. The Morgan fingerprint density at radius 2 is 1.55 bits per heavy atom. The number of imide groups is 1. The number of benzene rings is 1. The predicted octanol–water partition coefficient (Wildman–Crippen LogP) is 2.75. The summed E-state index contributed by atoms with van der Waals surface area (Å²) in [4.78, 5) is 25.8. The van der Waals surface area contributed by atoms with Gasteiger partial charge in [-0.1, -0.05) is 6.42 Å². The van der Waals surface area contributed by atoms with E-state index in [1.807, 2.05) is 0 Å². The van der Waals surface area contributed by atoms with Gasteiger partial charge in [-0.2, -0.15) is 0 Å². The van der Waals surface area contributed by atoms with Crippen molar-refractivity contribution in [2.75, 3.05) is 0 Å². The number of rotatable bonds is 1. The largest absolute Gasteiger partial charge is 0.271 e. The van der Waals surface area contributed by atoms with Gasteiger partial charge in [0.1, 0.15) is 11.6 Å². The summed E-state index contributed by atoms with van der Waals surface area (Å²) in [7, 11) is 0. The van der Waals surface area contributed by atoms with Crippen molar-refractivity contribution >= 4 is 11.8 Å². The van der Waals surface area contributed by atoms with E-state index in [1.165, 1.54) is 0 Å². The number of nitrogens with zero attached hydrogens (tertiary/aromatic N) is 1. The molecule has 3 nitrogen and oxygen atoms in total. The van der Waals surface area contributed by atoms with Gasteiger partial charge in [0.25, 0.3) is 11.8 Å². The average molecular weight is 277 g/mol. The SMILES string of the molecule is O=C1c2c(F)ccc(F)c2C(=O)N1C1C[C@@H]2CCC1C2. The van der Waals surface area contributed by atoms with Crippen molar-refractivity contribution in [3.8, 4) is 0 Å². The minimum atomic E-state index is -0.814. The van der Waals surface area contributed by atoms with Gasteiger partial charge in [-0.15, -0.1) is 0 Å². The molecule has 0 radical (unpaired) electrons. The van der Waals surface area contributed by atoms with Crippen LogP contribution in [0.1, 0.15) is 46.4 Å². The van der Waals surface area contributed by atoms with Crippen molar-refractivity contribution in [1.29, 1.82) is 0 Å². The lowest BCUT2D eigenvalue weighted by Crippen LogP contribution is -2.43. The van der Waals surface area contributed by atoms with Crippen LogP contribution in [0.5, 0.6) is 0 Å². The number of hydrogen-bond acceptors (Lipinski definition) is 2. The molecule has 2 amide bonds. The normalized spacial score (nSPS) is 31.3. The third-order valence-electron chi connectivity index (χ3n) is 5.00. The second-order valence-electron chi connectivity index (χ2n) is 6.00. The Morgan fingerprint density at radius 3 is 2.00 bits per heavy atom. The van der Waals surface area contributed by atoms with Crippen LogP contribution in [0, 0.1) is 23.5 Å². The van der Waals surface area contributed by atoms with Crippen LogP contribution in [0.3, 0.4) is 0 Å². The molecule has 20 heavy (non-hydrogen) atoms. The van der Waals surface area contributed by atoms with E-state index in [-0.39, 0.29) is 6.04 Å². The lowest BCUT2D eigenvalue weighted by molar-refractivity contribution is 0.0527. The van der Waals surface area contributed by atoms with Crippen molar-refractivity contribution in [2.24, 2.45) is 11.8 Å². The monoisotopic (exact) mass is 277 g/mol. The maximum Gasteiger partial charge on any atom is 0.264 e. The molecule has 3 aliphatic rings. The van der Waals surface area contributed by atoms with E-state index in [9.17, 15) is 18.4 Å². The standard InChI is InChI=1S/C15H13F2NO2/c16-9-3-4-10(17)13-12(9)14(19)18(15(13)20)11-6-7-1-2-8(11)5-7/h3-4,7-8,11H,1-2,5-6H2/t7-,8?,11?/m1/s1. The number of carbonyl (C=O) groups is 2. The lowest BCUT2D eigenvalue weighted by atomic mass is 9.94. The van der Waals surface area contributed by atoms with Crippen molar-refractivity contribution < 1.29 is 18.4 Å². The van der Waals surface area contributed by atoms with E-state index in [0.717, 1.165) is 42.7 Å². The summed E-state index contributed by atoms with van der Waals surface area (Å²) < 4.78 is 27.6. The number of hydrogen-bond donors (Lipinski definition) is 0. The molecular weight excluding hydrogens is 264 g/mol. The van der Waals surface area contributed by atoms with Crippen LogP contribution < -0.4 is 0 Å². The zero-order valence-electron chi connectivity index (χ0n) is 10.7. The van der Waals surface area contributed by atoms with Gasteiger partial charge in [-0.3, -0.25) is 14.5 Å². The molecule has 1 aliphatic heterocycles. The highest BCUT2D eigenvalue weighted by atomic mass is 19.1. The first-order valence-electron chi connectivity index (χ1n) is 6.94. The molecule has 0 spiro atoms. The Balaban J connectivity index is 1.78. The number of amides is 2. The molecule has 0 saturated heterocycles. The van der Waals surface area contributed by atoms with Gasteiger partial charge in [0.2, 0.25) is 0 Å². The van der Waals surface area contributed by atoms with E-state index in [0.29, 0.717) is 11.8 Å². The molecule has 2 aliphatic carbocycles. The maximum atomic E-state index is 13.8. The molecule has 2 unspecified atom stereocenters. The number of halogens is 2. The molecule has 2 bridgehead atoms. The van der Waals surface area contributed by atoms with E-state index < -0.39 is 34.6 Å². The highest BCUT2D eigenvalue weighted by Gasteiger charge is 2.50. The highest BCUT2D eigenvalue weighted by molar-refractivity contribution is 6.21. The van der Waals surface area contributed by atoms with Gasteiger partial charge >= 0.3 is 0 Å². The molecule has 2 fully saturated rings. The van der Waals surface area contributed by atoms with Crippen molar-refractivity contribution in [1.82, 2.24) is 4.90 Å². The Hall–Kier alpha value is -1.78. The summed E-state index contributed by atoms with van der Waals surface area (Å²) >= 11 is 0. The summed E-state index contributed by atoms with van der Waals surface area (Å²) in [5, 5.41) is 0. The molecule has 1 aromatic carbocycles. The van der Waals surface area contributed by atoms with Crippen molar-refractivity contribution in [3.05, 3.63) is 34.9 Å².